The summed E-state index contributed by atoms with van der Waals surface area (Å²) in [7, 11) is 5.36. The van der Waals surface area contributed by atoms with Gasteiger partial charge >= 0.3 is 0 Å². The fourth-order valence-corrected chi connectivity index (χ4v) is 1.90. The predicted octanol–water partition coefficient (Wildman–Crippen LogP) is 0.682. The number of carbonyl (C=O) groups is 1. The van der Waals surface area contributed by atoms with E-state index >= 15 is 0 Å². The molecule has 1 rings (SSSR count). The number of nitrogens with zero attached hydrogens (tertiary/aromatic N) is 4. The third kappa shape index (κ3) is 6.54. The highest BCUT2D eigenvalue weighted by Crippen LogP contribution is 2.08. The minimum Gasteiger partial charge on any atom is -0.353 e. The number of nitrogens with one attached hydrogen (secondary N) is 2. The van der Waals surface area contributed by atoms with Gasteiger partial charge in [0.25, 0.3) is 0 Å². The molecule has 0 saturated heterocycles. The Morgan fingerprint density at radius 1 is 1.39 bits per heavy atom. The molecule has 23 heavy (non-hydrogen) atoms. The van der Waals surface area contributed by atoms with E-state index < -0.39 is 0 Å². The molecule has 0 fully saturated rings. The lowest BCUT2D eigenvalue weighted by Crippen LogP contribution is -2.43. The van der Waals surface area contributed by atoms with Crippen LogP contribution in [0.25, 0.3) is 0 Å². The molecule has 1 aromatic rings. The molecule has 0 unspecified atom stereocenters. The predicted molar refractivity (Wildman–Crippen MR) is 93.2 cm³/mol. The Bertz CT molecular complexity index is 573. The summed E-state index contributed by atoms with van der Waals surface area (Å²) in [5.74, 6) is 0.583. The van der Waals surface area contributed by atoms with Gasteiger partial charge in [-0.15, -0.1) is 0 Å². The monoisotopic (exact) mass is 320 g/mol. The fourth-order valence-electron chi connectivity index (χ4n) is 1.90. The summed E-state index contributed by atoms with van der Waals surface area (Å²) in [6, 6.07) is 0. The average Bonchev–Trinajstić information content (AvgIpc) is 2.85. The molecule has 0 radical (unpaired) electrons. The van der Waals surface area contributed by atoms with Gasteiger partial charge in [-0.25, -0.2) is 4.99 Å². The Labute approximate surface area is 138 Å². The molecule has 0 aromatic carbocycles. The standard InChI is InChI=1S/C16H28N6O/c1-7-14-13(11-22(6)20-14)9-18-16(17-8-12(2)3)19-10-15(23)21(4)5/h11H,2,7-10H2,1,3-6H3,(H2,17,18,19). The summed E-state index contributed by atoms with van der Waals surface area (Å²) in [5.41, 5.74) is 3.12. The summed E-state index contributed by atoms with van der Waals surface area (Å²) in [6.07, 6.45) is 2.84. The van der Waals surface area contributed by atoms with Crippen molar-refractivity contribution >= 4 is 11.9 Å². The zero-order valence-corrected chi connectivity index (χ0v) is 14.8. The number of guanidine groups is 1. The van der Waals surface area contributed by atoms with Crippen LogP contribution in [0.15, 0.2) is 23.3 Å². The van der Waals surface area contributed by atoms with E-state index in [0.29, 0.717) is 19.0 Å². The van der Waals surface area contributed by atoms with Crippen molar-refractivity contribution in [1.82, 2.24) is 25.3 Å². The van der Waals surface area contributed by atoms with Crippen LogP contribution in [0.1, 0.15) is 25.1 Å². The molecular formula is C16H28N6O. The Morgan fingerprint density at radius 2 is 2.04 bits per heavy atom. The highest BCUT2D eigenvalue weighted by molar-refractivity contribution is 5.86. The third-order valence-corrected chi connectivity index (χ3v) is 3.20. The number of rotatable bonds is 7. The van der Waals surface area contributed by atoms with Gasteiger partial charge in [-0.05, 0) is 13.3 Å². The first-order valence-corrected chi connectivity index (χ1v) is 7.71. The first kappa shape index (κ1) is 18.7. The van der Waals surface area contributed by atoms with E-state index in [-0.39, 0.29) is 12.5 Å². The van der Waals surface area contributed by atoms with Gasteiger partial charge in [-0.1, -0.05) is 19.1 Å². The summed E-state index contributed by atoms with van der Waals surface area (Å²) in [5, 5.41) is 10.6. The molecule has 0 bridgehead atoms. The van der Waals surface area contributed by atoms with Gasteiger partial charge in [-0.3, -0.25) is 9.48 Å². The van der Waals surface area contributed by atoms with E-state index in [1.54, 1.807) is 23.7 Å². The molecule has 7 heteroatoms. The number of aliphatic imine (C=N–C) groups is 1. The lowest BCUT2D eigenvalue weighted by Gasteiger charge is -2.15. The van der Waals surface area contributed by atoms with Gasteiger partial charge in [0.05, 0.1) is 18.8 Å². The van der Waals surface area contributed by atoms with Crippen LogP contribution in [0.2, 0.25) is 0 Å². The quantitative estimate of drug-likeness (QED) is 0.440. The molecule has 0 aliphatic rings. The molecule has 0 spiro atoms. The maximum atomic E-state index is 11.7. The van der Waals surface area contributed by atoms with Crippen molar-refractivity contribution < 1.29 is 4.79 Å². The maximum Gasteiger partial charge on any atom is 0.241 e. The van der Waals surface area contributed by atoms with E-state index in [9.17, 15) is 4.79 Å². The Morgan fingerprint density at radius 3 is 2.61 bits per heavy atom. The molecule has 0 aliphatic carbocycles. The van der Waals surface area contributed by atoms with Gasteiger partial charge in [0.1, 0.15) is 0 Å². The lowest BCUT2D eigenvalue weighted by atomic mass is 10.2. The Balaban J connectivity index is 2.76. The van der Waals surface area contributed by atoms with Gasteiger partial charge < -0.3 is 15.5 Å². The van der Waals surface area contributed by atoms with Crippen molar-refractivity contribution in [1.29, 1.82) is 0 Å². The topological polar surface area (TPSA) is 74.5 Å². The van der Waals surface area contributed by atoms with Crippen LogP contribution in [0.5, 0.6) is 0 Å². The van der Waals surface area contributed by atoms with Gasteiger partial charge in [0.15, 0.2) is 5.96 Å². The molecule has 1 aromatic heterocycles. The number of aromatic nitrogens is 2. The van der Waals surface area contributed by atoms with Crippen LogP contribution in [0.4, 0.5) is 0 Å². The van der Waals surface area contributed by atoms with Crippen LogP contribution < -0.4 is 10.6 Å². The van der Waals surface area contributed by atoms with Crippen molar-refractivity contribution in [3.8, 4) is 0 Å². The number of aryl methyl sites for hydroxylation is 2. The van der Waals surface area contributed by atoms with E-state index in [2.05, 4.69) is 34.2 Å². The normalized spacial score (nSPS) is 11.3. The van der Waals surface area contributed by atoms with Crippen LogP contribution >= 0.6 is 0 Å². The molecule has 0 saturated carbocycles. The zero-order chi connectivity index (χ0) is 17.4. The molecule has 128 valence electrons. The minimum absolute atomic E-state index is 0.00884. The first-order chi connectivity index (χ1) is 10.8. The third-order valence-electron chi connectivity index (χ3n) is 3.20. The molecule has 0 aliphatic heterocycles. The number of likely N-dealkylation sites (N-methyl/N-ethyl adjacent to an activating group) is 1. The van der Waals surface area contributed by atoms with Gasteiger partial charge in [-0.2, -0.15) is 5.10 Å². The van der Waals surface area contributed by atoms with Crippen molar-refractivity contribution in [3.63, 3.8) is 0 Å². The number of hydrogen-bond donors (Lipinski definition) is 2. The SMILES string of the molecule is C=C(C)CNC(=NCc1cn(C)nc1CC)NCC(=O)N(C)C. The second kappa shape index (κ2) is 8.97. The minimum atomic E-state index is -0.00884. The molecule has 1 heterocycles. The van der Waals surface area contributed by atoms with Gasteiger partial charge in [0.2, 0.25) is 5.91 Å². The van der Waals surface area contributed by atoms with Crippen LogP contribution in [0, 0.1) is 0 Å². The summed E-state index contributed by atoms with van der Waals surface area (Å²) >= 11 is 0. The van der Waals surface area contributed by atoms with E-state index in [4.69, 9.17) is 0 Å². The number of hydrogen-bond acceptors (Lipinski definition) is 3. The second-order valence-corrected chi connectivity index (χ2v) is 5.75. The first-order valence-electron chi connectivity index (χ1n) is 7.71. The molecule has 0 atom stereocenters. The molecular weight excluding hydrogens is 292 g/mol. The van der Waals surface area contributed by atoms with E-state index in [1.807, 2.05) is 20.2 Å². The van der Waals surface area contributed by atoms with Crippen LogP contribution in [0.3, 0.4) is 0 Å². The Kier molecular flexibility index (Phi) is 7.31. The van der Waals surface area contributed by atoms with Crippen LogP contribution in [-0.4, -0.2) is 53.7 Å². The summed E-state index contributed by atoms with van der Waals surface area (Å²) in [6.45, 7) is 9.19. The average molecular weight is 320 g/mol. The molecule has 7 nitrogen and oxygen atoms in total. The second-order valence-electron chi connectivity index (χ2n) is 5.75. The number of amides is 1. The summed E-state index contributed by atoms with van der Waals surface area (Å²) in [4.78, 5) is 17.8. The van der Waals surface area contributed by atoms with Crippen molar-refractivity contribution in [2.75, 3.05) is 27.2 Å². The maximum absolute atomic E-state index is 11.7. The molecule has 2 N–H and O–H groups in total. The van der Waals surface area contributed by atoms with Crippen molar-refractivity contribution in [2.24, 2.45) is 12.0 Å². The smallest absolute Gasteiger partial charge is 0.241 e. The number of carbonyl (C=O) groups excluding carboxylic acids is 1. The lowest BCUT2D eigenvalue weighted by molar-refractivity contribution is -0.127. The highest BCUT2D eigenvalue weighted by Gasteiger charge is 2.08. The fraction of sp³-hybridized carbons (Fsp3) is 0.562. The van der Waals surface area contributed by atoms with E-state index in [0.717, 1.165) is 23.3 Å². The van der Waals surface area contributed by atoms with Crippen molar-refractivity contribution in [2.45, 2.75) is 26.8 Å². The highest BCUT2D eigenvalue weighted by atomic mass is 16.2. The zero-order valence-electron chi connectivity index (χ0n) is 14.8. The Hall–Kier alpha value is -2.31. The van der Waals surface area contributed by atoms with Crippen molar-refractivity contribution in [3.05, 3.63) is 29.6 Å². The largest absolute Gasteiger partial charge is 0.353 e. The van der Waals surface area contributed by atoms with Crippen LogP contribution in [-0.2, 0) is 24.8 Å². The van der Waals surface area contributed by atoms with Gasteiger partial charge in [0, 0.05) is 39.4 Å². The van der Waals surface area contributed by atoms with E-state index in [1.165, 1.54) is 0 Å². The molecule has 1 amide bonds. The summed E-state index contributed by atoms with van der Waals surface area (Å²) < 4.78 is 1.80.